The van der Waals surface area contributed by atoms with Gasteiger partial charge in [0.2, 0.25) is 11.9 Å². The van der Waals surface area contributed by atoms with Crippen molar-refractivity contribution in [3.8, 4) is 5.75 Å². The molecule has 8 heteroatoms. The zero-order chi connectivity index (χ0) is 24.5. The quantitative estimate of drug-likeness (QED) is 0.459. The molecule has 2 fully saturated rings. The lowest BCUT2D eigenvalue weighted by atomic mass is 10.1. The first-order valence-corrected chi connectivity index (χ1v) is 12.5. The number of amides is 2. The molecule has 3 aromatic rings. The van der Waals surface area contributed by atoms with E-state index in [-0.39, 0.29) is 24.0 Å². The molecular formula is C27H29ClN4O3. The Labute approximate surface area is 209 Å². The van der Waals surface area contributed by atoms with Crippen molar-refractivity contribution in [2.45, 2.75) is 51.2 Å². The summed E-state index contributed by atoms with van der Waals surface area (Å²) in [6.45, 7) is 6.75. The highest BCUT2D eigenvalue weighted by atomic mass is 35.5. The number of rotatable bonds is 6. The van der Waals surface area contributed by atoms with Gasteiger partial charge in [-0.1, -0.05) is 35.9 Å². The summed E-state index contributed by atoms with van der Waals surface area (Å²) < 4.78 is 8.03. The van der Waals surface area contributed by atoms with Crippen LogP contribution in [0.5, 0.6) is 5.75 Å². The number of fused-ring (bicyclic) bond motifs is 1. The minimum atomic E-state index is -0.247. The van der Waals surface area contributed by atoms with E-state index in [0.29, 0.717) is 46.4 Å². The van der Waals surface area contributed by atoms with Crippen LogP contribution in [-0.2, 0) is 4.79 Å². The van der Waals surface area contributed by atoms with Crippen LogP contribution in [0.3, 0.4) is 0 Å². The standard InChI is InChI=1S/C27H29ClN4O3/c1-3-23(33)31-14-5-4-9-19(16-31)32-25-21(12-13-22(24(25)28)35-20-10-11-20)29-27(32)30-26(34)18-8-6-7-17(2)15-18/h3,6-8,12-13,15,19-20H,1,4-5,9-11,14,16H2,2H3,(H,29,30,34)/t19-/m1/s1. The first-order valence-electron chi connectivity index (χ1n) is 12.1. The normalized spacial score (nSPS) is 18.2. The Hall–Kier alpha value is -3.32. The number of hydrogen-bond donors (Lipinski definition) is 1. The van der Waals surface area contributed by atoms with Gasteiger partial charge in [0, 0.05) is 18.7 Å². The molecule has 2 aliphatic rings. The molecule has 2 amide bonds. The number of carbonyl (C=O) groups excluding carboxylic acids is 2. The lowest BCUT2D eigenvalue weighted by Crippen LogP contribution is -2.34. The van der Waals surface area contributed by atoms with Crippen LogP contribution in [0.15, 0.2) is 49.1 Å². The van der Waals surface area contributed by atoms with Gasteiger partial charge in [-0.3, -0.25) is 14.9 Å². The van der Waals surface area contributed by atoms with Gasteiger partial charge in [-0.15, -0.1) is 0 Å². The molecule has 1 saturated heterocycles. The molecule has 1 atom stereocenters. The van der Waals surface area contributed by atoms with Gasteiger partial charge in [0.15, 0.2) is 0 Å². The second kappa shape index (κ2) is 9.74. The monoisotopic (exact) mass is 492 g/mol. The fourth-order valence-corrected chi connectivity index (χ4v) is 4.94. The van der Waals surface area contributed by atoms with Gasteiger partial charge in [0.25, 0.3) is 5.91 Å². The number of nitrogens with one attached hydrogen (secondary N) is 1. The molecule has 0 radical (unpaired) electrons. The number of benzene rings is 2. The molecule has 2 heterocycles. The molecule has 2 aromatic carbocycles. The Kier molecular flexibility index (Phi) is 6.52. The topological polar surface area (TPSA) is 76.5 Å². The summed E-state index contributed by atoms with van der Waals surface area (Å²) in [5.74, 6) is 0.681. The average molecular weight is 493 g/mol. The minimum absolute atomic E-state index is 0.101. The van der Waals surface area contributed by atoms with Crippen LogP contribution < -0.4 is 10.1 Å². The Morgan fingerprint density at radius 1 is 1.20 bits per heavy atom. The van der Waals surface area contributed by atoms with Gasteiger partial charge < -0.3 is 14.2 Å². The molecule has 5 rings (SSSR count). The molecule has 35 heavy (non-hydrogen) atoms. The Morgan fingerprint density at radius 3 is 2.77 bits per heavy atom. The van der Waals surface area contributed by atoms with Crippen molar-refractivity contribution >= 4 is 40.4 Å². The number of aromatic nitrogens is 2. The molecule has 1 N–H and O–H groups in total. The number of aryl methyl sites for hydroxylation is 1. The number of carbonyl (C=O) groups is 2. The fourth-order valence-electron chi connectivity index (χ4n) is 4.65. The van der Waals surface area contributed by atoms with Crippen molar-refractivity contribution in [1.29, 1.82) is 0 Å². The largest absolute Gasteiger partial charge is 0.489 e. The van der Waals surface area contributed by atoms with E-state index >= 15 is 0 Å². The lowest BCUT2D eigenvalue weighted by molar-refractivity contribution is -0.126. The van der Waals surface area contributed by atoms with Crippen LogP contribution in [0.1, 0.15) is 54.1 Å². The van der Waals surface area contributed by atoms with Crippen LogP contribution in [0.2, 0.25) is 5.02 Å². The molecule has 0 unspecified atom stereocenters. The van der Waals surface area contributed by atoms with Crippen LogP contribution >= 0.6 is 11.6 Å². The first kappa shape index (κ1) is 23.4. The molecule has 182 valence electrons. The van der Waals surface area contributed by atoms with E-state index in [0.717, 1.165) is 37.7 Å². The highest BCUT2D eigenvalue weighted by molar-refractivity contribution is 6.36. The summed E-state index contributed by atoms with van der Waals surface area (Å²) in [7, 11) is 0. The molecule has 1 saturated carbocycles. The van der Waals surface area contributed by atoms with Gasteiger partial charge in [-0.25, -0.2) is 4.98 Å². The van der Waals surface area contributed by atoms with E-state index < -0.39 is 0 Å². The van der Waals surface area contributed by atoms with Crippen molar-refractivity contribution in [3.05, 3.63) is 65.2 Å². The van der Waals surface area contributed by atoms with Gasteiger partial charge in [-0.2, -0.15) is 0 Å². The van der Waals surface area contributed by atoms with E-state index in [4.69, 9.17) is 21.3 Å². The number of imidazole rings is 1. The number of halogens is 1. The van der Waals surface area contributed by atoms with E-state index in [1.54, 1.807) is 11.0 Å². The third kappa shape index (κ3) is 4.91. The number of likely N-dealkylation sites (tertiary alicyclic amines) is 1. The van der Waals surface area contributed by atoms with E-state index in [1.165, 1.54) is 6.08 Å². The summed E-state index contributed by atoms with van der Waals surface area (Å²) in [5.41, 5.74) is 2.93. The average Bonchev–Trinajstić information content (AvgIpc) is 3.64. The van der Waals surface area contributed by atoms with E-state index in [2.05, 4.69) is 11.9 Å². The van der Waals surface area contributed by atoms with Crippen LogP contribution in [-0.4, -0.2) is 45.5 Å². The molecular weight excluding hydrogens is 464 g/mol. The smallest absolute Gasteiger partial charge is 0.257 e. The van der Waals surface area contributed by atoms with Gasteiger partial charge >= 0.3 is 0 Å². The predicted molar refractivity (Wildman–Crippen MR) is 137 cm³/mol. The maximum Gasteiger partial charge on any atom is 0.257 e. The maximum atomic E-state index is 13.2. The number of nitrogens with zero attached hydrogens (tertiary/aromatic N) is 3. The fraction of sp³-hybridized carbons (Fsp3) is 0.370. The summed E-state index contributed by atoms with van der Waals surface area (Å²) in [6.07, 6.45) is 6.25. The Balaban J connectivity index is 1.59. The van der Waals surface area contributed by atoms with Crippen LogP contribution in [0.4, 0.5) is 5.95 Å². The molecule has 1 aliphatic heterocycles. The Morgan fingerprint density at radius 2 is 2.03 bits per heavy atom. The number of anilines is 1. The summed E-state index contributed by atoms with van der Waals surface area (Å²) >= 11 is 6.90. The lowest BCUT2D eigenvalue weighted by Gasteiger charge is -2.26. The number of hydrogen-bond acceptors (Lipinski definition) is 4. The van der Waals surface area contributed by atoms with E-state index in [9.17, 15) is 9.59 Å². The van der Waals surface area contributed by atoms with Crippen LogP contribution in [0, 0.1) is 6.92 Å². The van der Waals surface area contributed by atoms with Crippen molar-refractivity contribution in [3.63, 3.8) is 0 Å². The van der Waals surface area contributed by atoms with Crippen molar-refractivity contribution in [2.24, 2.45) is 0 Å². The maximum absolute atomic E-state index is 13.2. The summed E-state index contributed by atoms with van der Waals surface area (Å²) in [6, 6.07) is 11.0. The van der Waals surface area contributed by atoms with Crippen molar-refractivity contribution < 1.29 is 14.3 Å². The van der Waals surface area contributed by atoms with Gasteiger partial charge in [0.1, 0.15) is 10.8 Å². The molecule has 1 aromatic heterocycles. The third-order valence-electron chi connectivity index (χ3n) is 6.58. The first-order chi connectivity index (χ1) is 16.9. The highest BCUT2D eigenvalue weighted by Crippen LogP contribution is 2.40. The van der Waals surface area contributed by atoms with E-state index in [1.807, 2.05) is 41.8 Å². The third-order valence-corrected chi connectivity index (χ3v) is 6.94. The second-order valence-electron chi connectivity index (χ2n) is 9.33. The van der Waals surface area contributed by atoms with Crippen LogP contribution in [0.25, 0.3) is 11.0 Å². The van der Waals surface area contributed by atoms with Crippen molar-refractivity contribution in [2.75, 3.05) is 18.4 Å². The highest BCUT2D eigenvalue weighted by Gasteiger charge is 2.30. The van der Waals surface area contributed by atoms with Gasteiger partial charge in [-0.05, 0) is 69.4 Å². The molecule has 0 bridgehead atoms. The number of ether oxygens (including phenoxy) is 1. The molecule has 7 nitrogen and oxygen atoms in total. The Bertz CT molecular complexity index is 1300. The predicted octanol–water partition coefficient (Wildman–Crippen LogP) is 5.53. The van der Waals surface area contributed by atoms with Crippen molar-refractivity contribution in [1.82, 2.24) is 14.5 Å². The minimum Gasteiger partial charge on any atom is -0.489 e. The zero-order valence-electron chi connectivity index (χ0n) is 19.8. The molecule has 1 aliphatic carbocycles. The zero-order valence-corrected chi connectivity index (χ0v) is 20.6. The summed E-state index contributed by atoms with van der Waals surface area (Å²) in [5, 5.41) is 3.48. The molecule has 0 spiro atoms. The SMILES string of the molecule is C=CC(=O)N1CCCC[C@@H](n2c(NC(=O)c3cccc(C)c3)nc3ccc(OC4CC4)c(Cl)c32)C1. The van der Waals surface area contributed by atoms with Gasteiger partial charge in [0.05, 0.1) is 23.2 Å². The second-order valence-corrected chi connectivity index (χ2v) is 9.71. The summed E-state index contributed by atoms with van der Waals surface area (Å²) in [4.78, 5) is 32.2.